The van der Waals surface area contributed by atoms with Crippen molar-refractivity contribution >= 4 is 0 Å². The third-order valence-corrected chi connectivity index (χ3v) is 1.24. The first-order valence-corrected chi connectivity index (χ1v) is 2.74. The Kier molecular flexibility index (Phi) is 1.39. The summed E-state index contributed by atoms with van der Waals surface area (Å²) in [6.07, 6.45) is 1.56. The van der Waals surface area contributed by atoms with Gasteiger partial charge in [0.1, 0.15) is 5.75 Å². The molecule has 0 aliphatic heterocycles. The van der Waals surface area contributed by atoms with Crippen LogP contribution in [0.3, 0.4) is 0 Å². The van der Waals surface area contributed by atoms with Gasteiger partial charge in [-0.25, -0.2) is 0 Å². The fourth-order valence-corrected chi connectivity index (χ4v) is 0.627. The third kappa shape index (κ3) is 1.02. The standard InChI is InChI=1S/C7H8NO/c1-5-3-4-8-6(2)7(5)9/h4,9H,1-2H3. The number of nitrogens with zero attached hydrogens (tertiary/aromatic N) is 1. The van der Waals surface area contributed by atoms with Gasteiger partial charge in [0.05, 0.1) is 5.69 Å². The minimum atomic E-state index is 0.248. The first kappa shape index (κ1) is 6.08. The summed E-state index contributed by atoms with van der Waals surface area (Å²) in [5.74, 6) is 0.248. The minimum Gasteiger partial charge on any atom is -0.506 e. The summed E-state index contributed by atoms with van der Waals surface area (Å²) in [7, 11) is 0. The topological polar surface area (TPSA) is 33.1 Å². The predicted octanol–water partition coefficient (Wildman–Crippen LogP) is 1.20. The molecule has 1 heterocycles. The van der Waals surface area contributed by atoms with Crippen LogP contribution < -0.4 is 0 Å². The number of aryl methyl sites for hydroxylation is 2. The number of hydrogen-bond donors (Lipinski definition) is 1. The van der Waals surface area contributed by atoms with E-state index < -0.39 is 0 Å². The van der Waals surface area contributed by atoms with Crippen molar-refractivity contribution in [3.8, 4) is 5.75 Å². The van der Waals surface area contributed by atoms with Crippen molar-refractivity contribution in [3.05, 3.63) is 23.5 Å². The van der Waals surface area contributed by atoms with Crippen molar-refractivity contribution in [1.29, 1.82) is 0 Å². The van der Waals surface area contributed by atoms with Gasteiger partial charge in [0, 0.05) is 17.8 Å². The molecule has 1 radical (unpaired) electrons. The molecular weight excluding hydrogens is 114 g/mol. The van der Waals surface area contributed by atoms with E-state index >= 15 is 0 Å². The van der Waals surface area contributed by atoms with E-state index in [-0.39, 0.29) is 5.75 Å². The Morgan fingerprint density at radius 2 is 2.22 bits per heavy atom. The molecule has 0 aliphatic rings. The number of aromatic nitrogens is 1. The quantitative estimate of drug-likeness (QED) is 0.561. The zero-order valence-electron chi connectivity index (χ0n) is 5.47. The van der Waals surface area contributed by atoms with Crippen LogP contribution in [0.15, 0.2) is 6.20 Å². The molecule has 0 bridgehead atoms. The largest absolute Gasteiger partial charge is 0.506 e. The molecule has 0 saturated heterocycles. The summed E-state index contributed by atoms with van der Waals surface area (Å²) in [6, 6.07) is 2.78. The van der Waals surface area contributed by atoms with E-state index in [9.17, 15) is 0 Å². The molecule has 2 heteroatoms. The fraction of sp³-hybridized carbons (Fsp3) is 0.286. The van der Waals surface area contributed by atoms with Crippen LogP contribution in [0.2, 0.25) is 0 Å². The maximum atomic E-state index is 9.11. The van der Waals surface area contributed by atoms with Crippen LogP contribution in [-0.4, -0.2) is 10.1 Å². The Labute approximate surface area is 54.2 Å². The van der Waals surface area contributed by atoms with E-state index in [1.54, 1.807) is 20.0 Å². The van der Waals surface area contributed by atoms with Gasteiger partial charge in [-0.3, -0.25) is 4.98 Å². The van der Waals surface area contributed by atoms with Gasteiger partial charge in [0.15, 0.2) is 0 Å². The van der Waals surface area contributed by atoms with E-state index in [1.807, 2.05) is 0 Å². The minimum absolute atomic E-state index is 0.248. The second-order valence-electron chi connectivity index (χ2n) is 1.96. The molecule has 1 aromatic heterocycles. The van der Waals surface area contributed by atoms with Gasteiger partial charge >= 0.3 is 0 Å². The lowest BCUT2D eigenvalue weighted by atomic mass is 10.2. The van der Waals surface area contributed by atoms with Gasteiger partial charge in [0.2, 0.25) is 0 Å². The normalized spacial score (nSPS) is 9.56. The molecule has 47 valence electrons. The average Bonchev–Trinajstić information content (AvgIpc) is 1.83. The molecule has 0 amide bonds. The highest BCUT2D eigenvalue weighted by Gasteiger charge is 1.97. The first-order valence-electron chi connectivity index (χ1n) is 2.74. The number of pyridine rings is 1. The Balaban J connectivity index is 3.25. The van der Waals surface area contributed by atoms with Gasteiger partial charge < -0.3 is 5.11 Å². The van der Waals surface area contributed by atoms with Gasteiger partial charge in [-0.2, -0.15) is 0 Å². The Bertz CT molecular complexity index is 200. The molecule has 0 spiro atoms. The second-order valence-corrected chi connectivity index (χ2v) is 1.96. The SMILES string of the molecule is Cc1[c]cnc(C)c1O. The van der Waals surface area contributed by atoms with Crippen molar-refractivity contribution in [2.24, 2.45) is 0 Å². The summed E-state index contributed by atoms with van der Waals surface area (Å²) in [4.78, 5) is 3.83. The first-order chi connectivity index (χ1) is 4.22. The van der Waals surface area contributed by atoms with Crippen molar-refractivity contribution in [1.82, 2.24) is 4.98 Å². The molecule has 9 heavy (non-hydrogen) atoms. The highest BCUT2D eigenvalue weighted by molar-refractivity contribution is 5.32. The van der Waals surface area contributed by atoms with E-state index in [2.05, 4.69) is 11.1 Å². The monoisotopic (exact) mass is 122 g/mol. The van der Waals surface area contributed by atoms with E-state index in [0.29, 0.717) is 5.69 Å². The van der Waals surface area contributed by atoms with Crippen molar-refractivity contribution in [2.45, 2.75) is 13.8 Å². The summed E-state index contributed by atoms with van der Waals surface area (Å²) in [5, 5.41) is 9.11. The maximum Gasteiger partial charge on any atom is 0.140 e. The summed E-state index contributed by atoms with van der Waals surface area (Å²) < 4.78 is 0. The zero-order chi connectivity index (χ0) is 6.85. The van der Waals surface area contributed by atoms with Crippen LogP contribution in [0, 0.1) is 19.9 Å². The average molecular weight is 122 g/mol. The summed E-state index contributed by atoms with van der Waals surface area (Å²) in [6.45, 7) is 3.56. The van der Waals surface area contributed by atoms with Gasteiger partial charge in [0.25, 0.3) is 0 Å². The van der Waals surface area contributed by atoms with E-state index in [1.165, 1.54) is 0 Å². The number of hydrogen-bond acceptors (Lipinski definition) is 2. The van der Waals surface area contributed by atoms with Crippen molar-refractivity contribution < 1.29 is 5.11 Å². The van der Waals surface area contributed by atoms with Crippen molar-refractivity contribution in [3.63, 3.8) is 0 Å². The van der Waals surface area contributed by atoms with Crippen LogP contribution >= 0.6 is 0 Å². The molecule has 1 N–H and O–H groups in total. The molecule has 2 nitrogen and oxygen atoms in total. The fourth-order valence-electron chi connectivity index (χ4n) is 0.627. The van der Waals surface area contributed by atoms with Gasteiger partial charge in [-0.15, -0.1) is 0 Å². The Morgan fingerprint density at radius 3 is 2.67 bits per heavy atom. The molecular formula is C7H8NO. The van der Waals surface area contributed by atoms with E-state index in [0.717, 1.165) is 5.56 Å². The van der Waals surface area contributed by atoms with Crippen LogP contribution in [0.4, 0.5) is 0 Å². The van der Waals surface area contributed by atoms with Crippen molar-refractivity contribution in [2.75, 3.05) is 0 Å². The smallest absolute Gasteiger partial charge is 0.140 e. The lowest BCUT2D eigenvalue weighted by molar-refractivity contribution is 0.463. The van der Waals surface area contributed by atoms with Crippen LogP contribution in [-0.2, 0) is 0 Å². The summed E-state index contributed by atoms with van der Waals surface area (Å²) in [5.41, 5.74) is 1.41. The predicted molar refractivity (Wildman–Crippen MR) is 34.2 cm³/mol. The molecule has 0 aliphatic carbocycles. The van der Waals surface area contributed by atoms with Crippen LogP contribution in [0.25, 0.3) is 0 Å². The molecule has 1 rings (SSSR count). The Morgan fingerprint density at radius 1 is 1.56 bits per heavy atom. The number of aromatic hydroxyl groups is 1. The molecule has 0 fully saturated rings. The lowest BCUT2D eigenvalue weighted by Gasteiger charge is -1.97. The van der Waals surface area contributed by atoms with Crippen LogP contribution in [0.5, 0.6) is 5.75 Å². The highest BCUT2D eigenvalue weighted by atomic mass is 16.3. The Hall–Kier alpha value is -1.05. The second kappa shape index (κ2) is 2.05. The molecule has 0 unspecified atom stereocenters. The maximum absolute atomic E-state index is 9.11. The summed E-state index contributed by atoms with van der Waals surface area (Å²) >= 11 is 0. The van der Waals surface area contributed by atoms with Gasteiger partial charge in [-0.05, 0) is 13.8 Å². The van der Waals surface area contributed by atoms with Gasteiger partial charge in [-0.1, -0.05) is 0 Å². The molecule has 0 saturated carbocycles. The molecule has 0 aromatic carbocycles. The zero-order valence-corrected chi connectivity index (χ0v) is 5.47. The highest BCUT2D eigenvalue weighted by Crippen LogP contribution is 2.16. The van der Waals surface area contributed by atoms with Crippen LogP contribution in [0.1, 0.15) is 11.3 Å². The molecule has 0 atom stereocenters. The lowest BCUT2D eigenvalue weighted by Crippen LogP contribution is -1.83. The number of rotatable bonds is 0. The van der Waals surface area contributed by atoms with E-state index in [4.69, 9.17) is 5.11 Å². The third-order valence-electron chi connectivity index (χ3n) is 1.24. The molecule has 1 aromatic rings.